The molecule has 7 heteroatoms. The number of benzene rings is 3. The van der Waals surface area contributed by atoms with Crippen molar-refractivity contribution < 1.29 is 14.3 Å². The Morgan fingerprint density at radius 2 is 1.73 bits per heavy atom. The summed E-state index contributed by atoms with van der Waals surface area (Å²) in [6, 6.07) is 23.1. The van der Waals surface area contributed by atoms with Gasteiger partial charge in [0.15, 0.2) is 11.5 Å². The largest absolute Gasteiger partial charge is 0.493 e. The van der Waals surface area contributed by atoms with E-state index in [1.54, 1.807) is 26.4 Å². The van der Waals surface area contributed by atoms with Crippen molar-refractivity contribution in [3.63, 3.8) is 0 Å². The van der Waals surface area contributed by atoms with E-state index in [4.69, 9.17) is 9.47 Å². The summed E-state index contributed by atoms with van der Waals surface area (Å²) in [5.74, 6) is 1.01. The lowest BCUT2D eigenvalue weighted by molar-refractivity contribution is 0.0938. The molecule has 4 rings (SSSR count). The zero-order valence-corrected chi connectivity index (χ0v) is 21.7. The average molecular weight is 500 g/mol. The van der Waals surface area contributed by atoms with Crippen LogP contribution in [0.5, 0.6) is 11.5 Å². The number of H-pyrrole nitrogens is 1. The molecule has 192 valence electrons. The number of hydrogen-bond donors (Lipinski definition) is 2. The SMILES string of the molecule is COc1ccc(CCN(C)Cc2ccc(C(=O)N[C@H](C)c3cccc4ccccc34)c(=O)[nH]2)cc1OC. The molecular weight excluding hydrogens is 466 g/mol. The van der Waals surface area contributed by atoms with Crippen LogP contribution >= 0.6 is 0 Å². The number of amides is 1. The van der Waals surface area contributed by atoms with Crippen LogP contribution in [0.2, 0.25) is 0 Å². The van der Waals surface area contributed by atoms with Gasteiger partial charge in [-0.15, -0.1) is 0 Å². The highest BCUT2D eigenvalue weighted by Gasteiger charge is 2.17. The Morgan fingerprint density at radius 3 is 2.49 bits per heavy atom. The van der Waals surface area contributed by atoms with E-state index < -0.39 is 11.5 Å². The maximum atomic E-state index is 12.9. The van der Waals surface area contributed by atoms with Gasteiger partial charge in [0, 0.05) is 18.8 Å². The van der Waals surface area contributed by atoms with Gasteiger partial charge in [-0.1, -0.05) is 48.5 Å². The maximum absolute atomic E-state index is 12.9. The molecule has 0 radical (unpaired) electrons. The van der Waals surface area contributed by atoms with E-state index in [9.17, 15) is 9.59 Å². The van der Waals surface area contributed by atoms with Crippen molar-refractivity contribution in [2.45, 2.75) is 25.9 Å². The fraction of sp³-hybridized carbons (Fsp3) is 0.267. The third kappa shape index (κ3) is 6.19. The van der Waals surface area contributed by atoms with Gasteiger partial charge in [-0.05, 0) is 66.6 Å². The quantitative estimate of drug-likeness (QED) is 0.330. The van der Waals surface area contributed by atoms with Crippen LogP contribution in [0.3, 0.4) is 0 Å². The van der Waals surface area contributed by atoms with Gasteiger partial charge in [0.2, 0.25) is 0 Å². The van der Waals surface area contributed by atoms with Crippen LogP contribution in [0.15, 0.2) is 77.6 Å². The van der Waals surface area contributed by atoms with E-state index in [-0.39, 0.29) is 11.6 Å². The lowest BCUT2D eigenvalue weighted by atomic mass is 9.99. The van der Waals surface area contributed by atoms with Crippen molar-refractivity contribution in [3.8, 4) is 11.5 Å². The Bertz CT molecular complexity index is 1440. The molecule has 0 aliphatic heterocycles. The highest BCUT2D eigenvalue weighted by Crippen LogP contribution is 2.28. The summed E-state index contributed by atoms with van der Waals surface area (Å²) in [6.07, 6.45) is 0.813. The third-order valence-electron chi connectivity index (χ3n) is 6.52. The lowest BCUT2D eigenvalue weighted by Crippen LogP contribution is -2.32. The zero-order valence-electron chi connectivity index (χ0n) is 21.7. The lowest BCUT2D eigenvalue weighted by Gasteiger charge is -2.18. The standard InChI is InChI=1S/C30H33N3O4/c1-20(24-11-7-9-22-8-5-6-10-25(22)24)31-29(34)26-14-13-23(32-30(26)35)19-33(2)17-16-21-12-15-27(36-3)28(18-21)37-4/h5-15,18,20H,16-17,19H2,1-4H3,(H,31,34)(H,32,35)/t20-/m1/s1. The molecule has 2 N–H and O–H groups in total. The Hall–Kier alpha value is -4.10. The van der Waals surface area contributed by atoms with E-state index >= 15 is 0 Å². The van der Waals surface area contributed by atoms with Crippen LogP contribution in [0.4, 0.5) is 0 Å². The molecule has 1 aromatic heterocycles. The van der Waals surface area contributed by atoms with E-state index in [1.165, 1.54) is 0 Å². The molecule has 0 spiro atoms. The fourth-order valence-corrected chi connectivity index (χ4v) is 4.49. The van der Waals surface area contributed by atoms with Crippen molar-refractivity contribution in [1.82, 2.24) is 15.2 Å². The predicted octanol–water partition coefficient (Wildman–Crippen LogP) is 4.71. The Morgan fingerprint density at radius 1 is 0.973 bits per heavy atom. The smallest absolute Gasteiger partial charge is 0.261 e. The minimum absolute atomic E-state index is 0.101. The number of aromatic nitrogens is 1. The molecule has 0 aliphatic rings. The molecule has 37 heavy (non-hydrogen) atoms. The van der Waals surface area contributed by atoms with Crippen molar-refractivity contribution in [1.29, 1.82) is 0 Å². The highest BCUT2D eigenvalue weighted by atomic mass is 16.5. The molecule has 0 fully saturated rings. The topological polar surface area (TPSA) is 83.7 Å². The van der Waals surface area contributed by atoms with Crippen molar-refractivity contribution in [2.75, 3.05) is 27.8 Å². The number of ether oxygens (including phenoxy) is 2. The summed E-state index contributed by atoms with van der Waals surface area (Å²) in [6.45, 7) is 3.26. The summed E-state index contributed by atoms with van der Waals surface area (Å²) in [7, 11) is 5.23. The average Bonchev–Trinajstić information content (AvgIpc) is 2.91. The number of likely N-dealkylation sites (N-methyl/N-ethyl adjacent to an activating group) is 1. The molecule has 0 aliphatic carbocycles. The van der Waals surface area contributed by atoms with Gasteiger partial charge < -0.3 is 24.7 Å². The number of carbonyl (C=O) groups is 1. The van der Waals surface area contributed by atoms with Gasteiger partial charge in [-0.25, -0.2) is 0 Å². The monoisotopic (exact) mass is 499 g/mol. The van der Waals surface area contributed by atoms with E-state index in [0.717, 1.165) is 40.6 Å². The van der Waals surface area contributed by atoms with E-state index in [2.05, 4.69) is 15.2 Å². The first-order valence-electron chi connectivity index (χ1n) is 12.3. The molecule has 1 heterocycles. The van der Waals surface area contributed by atoms with Gasteiger partial charge in [-0.2, -0.15) is 0 Å². The summed E-state index contributed by atoms with van der Waals surface area (Å²) < 4.78 is 10.7. The number of hydrogen-bond acceptors (Lipinski definition) is 5. The minimum atomic E-state index is -0.395. The Kier molecular flexibility index (Phi) is 8.25. The third-order valence-corrected chi connectivity index (χ3v) is 6.52. The van der Waals surface area contributed by atoms with Crippen LogP contribution in [0, 0.1) is 0 Å². The second-order valence-corrected chi connectivity index (χ2v) is 9.17. The Labute approximate surface area is 217 Å². The number of carbonyl (C=O) groups excluding carboxylic acids is 1. The van der Waals surface area contributed by atoms with Crippen molar-refractivity contribution >= 4 is 16.7 Å². The molecule has 0 saturated carbocycles. The molecule has 0 bridgehead atoms. The van der Waals surface area contributed by atoms with Gasteiger partial charge in [-0.3, -0.25) is 9.59 Å². The molecule has 0 unspecified atom stereocenters. The number of methoxy groups -OCH3 is 2. The van der Waals surface area contributed by atoms with Gasteiger partial charge >= 0.3 is 0 Å². The van der Waals surface area contributed by atoms with E-state index in [1.807, 2.05) is 74.6 Å². The summed E-state index contributed by atoms with van der Waals surface area (Å²) in [5.41, 5.74) is 2.59. The van der Waals surface area contributed by atoms with Crippen LogP contribution in [0.25, 0.3) is 10.8 Å². The number of rotatable bonds is 10. The fourth-order valence-electron chi connectivity index (χ4n) is 4.49. The first kappa shape index (κ1) is 26.0. The molecule has 4 aromatic rings. The van der Waals surface area contributed by atoms with Gasteiger partial charge in [0.25, 0.3) is 11.5 Å². The normalized spacial score (nSPS) is 11.9. The number of pyridine rings is 1. The van der Waals surface area contributed by atoms with Gasteiger partial charge in [0.1, 0.15) is 5.56 Å². The number of fused-ring (bicyclic) bond motifs is 1. The molecule has 3 aromatic carbocycles. The van der Waals surface area contributed by atoms with Crippen LogP contribution in [0.1, 0.15) is 40.1 Å². The van der Waals surface area contributed by atoms with Gasteiger partial charge in [0.05, 0.1) is 20.3 Å². The molecular formula is C30H33N3O4. The second kappa shape index (κ2) is 11.8. The van der Waals surface area contributed by atoms with Crippen LogP contribution < -0.4 is 20.3 Å². The molecule has 7 nitrogen and oxygen atoms in total. The highest BCUT2D eigenvalue weighted by molar-refractivity contribution is 5.94. The van der Waals surface area contributed by atoms with Crippen molar-refractivity contribution in [3.05, 3.63) is 106 Å². The number of nitrogens with one attached hydrogen (secondary N) is 2. The molecule has 1 atom stereocenters. The van der Waals surface area contributed by atoms with Crippen LogP contribution in [-0.4, -0.2) is 43.6 Å². The van der Waals surface area contributed by atoms with E-state index in [0.29, 0.717) is 18.0 Å². The minimum Gasteiger partial charge on any atom is -0.493 e. The maximum Gasteiger partial charge on any atom is 0.261 e. The number of nitrogens with zero attached hydrogens (tertiary/aromatic N) is 1. The first-order valence-corrected chi connectivity index (χ1v) is 12.3. The molecule has 1 amide bonds. The first-order chi connectivity index (χ1) is 17.9. The Balaban J connectivity index is 1.37. The summed E-state index contributed by atoms with van der Waals surface area (Å²) >= 11 is 0. The zero-order chi connectivity index (χ0) is 26.4. The predicted molar refractivity (Wildman–Crippen MR) is 146 cm³/mol. The molecule has 0 saturated heterocycles. The van der Waals surface area contributed by atoms with Crippen LogP contribution in [-0.2, 0) is 13.0 Å². The second-order valence-electron chi connectivity index (χ2n) is 9.17. The summed E-state index contributed by atoms with van der Waals surface area (Å²) in [4.78, 5) is 30.6. The van der Waals surface area contributed by atoms with Crippen molar-refractivity contribution in [2.24, 2.45) is 0 Å². The number of aromatic amines is 1. The summed E-state index contributed by atoms with van der Waals surface area (Å²) in [5, 5.41) is 5.16.